The first-order chi connectivity index (χ1) is 9.20. The average Bonchev–Trinajstić information content (AvgIpc) is 2.85. The average molecular weight is 276 g/mol. The molecule has 6 nitrogen and oxygen atoms in total. The van der Waals surface area contributed by atoms with Gasteiger partial charge in [0.05, 0.1) is 11.6 Å². The van der Waals surface area contributed by atoms with Gasteiger partial charge in [0.25, 0.3) is 0 Å². The molecule has 1 heterocycles. The Morgan fingerprint density at radius 2 is 2.26 bits per heavy atom. The number of hydrogen-bond acceptors (Lipinski definition) is 4. The van der Waals surface area contributed by atoms with Gasteiger partial charge in [-0.2, -0.15) is 4.80 Å². The van der Waals surface area contributed by atoms with Crippen molar-refractivity contribution in [1.29, 1.82) is 0 Å². The van der Waals surface area contributed by atoms with Crippen LogP contribution in [0.1, 0.15) is 0 Å². The minimum atomic E-state index is -0.277. The summed E-state index contributed by atoms with van der Waals surface area (Å²) in [5.41, 5.74) is 0.666. The number of carbonyl (C=O) groups excluding carboxylic acids is 1. The predicted octanol–water partition coefficient (Wildman–Crippen LogP) is 0.743. The van der Waals surface area contributed by atoms with Gasteiger partial charge in [-0.25, -0.2) is 0 Å². The second kappa shape index (κ2) is 5.98. The van der Waals surface area contributed by atoms with E-state index in [4.69, 9.17) is 18.0 Å². The van der Waals surface area contributed by atoms with Gasteiger partial charge in [0, 0.05) is 5.56 Å². The highest BCUT2D eigenvalue weighted by Crippen LogP contribution is 2.23. The molecule has 1 amide bonds. The Bertz CT molecular complexity index is 631. The van der Waals surface area contributed by atoms with E-state index in [0.717, 1.165) is 0 Å². The maximum atomic E-state index is 11.4. The van der Waals surface area contributed by atoms with E-state index in [1.165, 1.54) is 4.80 Å². The smallest absolute Gasteiger partial charge is 0.244 e. The monoisotopic (exact) mass is 275 g/mol. The molecule has 0 unspecified atom stereocenters. The molecule has 2 aromatic rings. The molecule has 19 heavy (non-hydrogen) atoms. The summed E-state index contributed by atoms with van der Waals surface area (Å²) in [6.45, 7) is 0.129. The number of hydrogen-bond donors (Lipinski definition) is 1. The zero-order chi connectivity index (χ0) is 13.7. The fourth-order valence-electron chi connectivity index (χ4n) is 1.39. The molecule has 0 aliphatic rings. The summed E-state index contributed by atoms with van der Waals surface area (Å²) in [4.78, 5) is 12.6. The lowest BCUT2D eigenvalue weighted by atomic mass is 10.2. The Balaban J connectivity index is 2.10. The molecule has 1 aromatic heterocycles. The highest BCUT2D eigenvalue weighted by atomic mass is 35.5. The van der Waals surface area contributed by atoms with Crippen molar-refractivity contribution in [2.45, 2.75) is 6.54 Å². The van der Waals surface area contributed by atoms with E-state index in [1.54, 1.807) is 12.1 Å². The van der Waals surface area contributed by atoms with Crippen LogP contribution < -0.4 is 5.32 Å². The van der Waals surface area contributed by atoms with Gasteiger partial charge in [-0.15, -0.1) is 16.6 Å². The van der Waals surface area contributed by atoms with Crippen molar-refractivity contribution in [3.63, 3.8) is 0 Å². The van der Waals surface area contributed by atoms with Crippen LogP contribution in [-0.2, 0) is 11.3 Å². The van der Waals surface area contributed by atoms with Gasteiger partial charge in [-0.3, -0.25) is 4.79 Å². The maximum absolute atomic E-state index is 11.4. The van der Waals surface area contributed by atoms with Gasteiger partial charge in [0.15, 0.2) is 0 Å². The number of halogens is 1. The fourth-order valence-corrected chi connectivity index (χ4v) is 1.61. The molecule has 0 fully saturated rings. The van der Waals surface area contributed by atoms with Crippen LogP contribution in [0.25, 0.3) is 11.4 Å². The van der Waals surface area contributed by atoms with Crippen LogP contribution in [-0.4, -0.2) is 32.7 Å². The van der Waals surface area contributed by atoms with E-state index < -0.39 is 0 Å². The predicted molar refractivity (Wildman–Crippen MR) is 70.1 cm³/mol. The largest absolute Gasteiger partial charge is 0.344 e. The summed E-state index contributed by atoms with van der Waals surface area (Å²) in [6.07, 6.45) is 5.04. The molecule has 0 aliphatic heterocycles. The SMILES string of the molecule is C#CCNC(=O)Cn1nnc(-c2ccccc2Cl)n1. The summed E-state index contributed by atoms with van der Waals surface area (Å²) in [5.74, 6) is 2.40. The number of aromatic nitrogens is 4. The molecule has 0 saturated heterocycles. The minimum Gasteiger partial charge on any atom is -0.344 e. The van der Waals surface area contributed by atoms with Gasteiger partial charge in [0.2, 0.25) is 11.7 Å². The van der Waals surface area contributed by atoms with Crippen molar-refractivity contribution >= 4 is 17.5 Å². The summed E-state index contributed by atoms with van der Waals surface area (Å²) in [5, 5.41) is 14.8. The second-order valence-corrected chi connectivity index (χ2v) is 4.01. The van der Waals surface area contributed by atoms with E-state index >= 15 is 0 Å². The summed E-state index contributed by atoms with van der Waals surface area (Å²) in [6, 6.07) is 7.14. The lowest BCUT2D eigenvalue weighted by Crippen LogP contribution is -2.28. The van der Waals surface area contributed by atoms with Crippen molar-refractivity contribution in [1.82, 2.24) is 25.5 Å². The fraction of sp³-hybridized carbons (Fsp3) is 0.167. The van der Waals surface area contributed by atoms with E-state index in [2.05, 4.69) is 26.6 Å². The van der Waals surface area contributed by atoms with Crippen molar-refractivity contribution in [2.75, 3.05) is 6.54 Å². The maximum Gasteiger partial charge on any atom is 0.244 e. The van der Waals surface area contributed by atoms with Gasteiger partial charge in [-0.05, 0) is 17.3 Å². The van der Waals surface area contributed by atoms with Crippen LogP contribution >= 0.6 is 11.6 Å². The second-order valence-electron chi connectivity index (χ2n) is 3.60. The minimum absolute atomic E-state index is 0.0425. The Kier molecular flexibility index (Phi) is 4.11. The number of benzene rings is 1. The number of nitrogens with zero attached hydrogens (tertiary/aromatic N) is 4. The molecule has 0 radical (unpaired) electrons. The van der Waals surface area contributed by atoms with Crippen LogP contribution in [0.4, 0.5) is 0 Å². The molecule has 2 rings (SSSR count). The van der Waals surface area contributed by atoms with Crippen LogP contribution in [0, 0.1) is 12.3 Å². The zero-order valence-corrected chi connectivity index (χ0v) is 10.6. The lowest BCUT2D eigenvalue weighted by molar-refractivity contribution is -0.121. The molecule has 1 aromatic carbocycles. The van der Waals surface area contributed by atoms with Crippen molar-refractivity contribution < 1.29 is 4.79 Å². The molecular formula is C12H10ClN5O. The van der Waals surface area contributed by atoms with Crippen molar-refractivity contribution in [3.8, 4) is 23.7 Å². The van der Waals surface area contributed by atoms with Gasteiger partial charge < -0.3 is 5.32 Å². The Morgan fingerprint density at radius 1 is 1.47 bits per heavy atom. The molecular weight excluding hydrogens is 266 g/mol. The molecule has 0 spiro atoms. The quantitative estimate of drug-likeness (QED) is 0.836. The molecule has 96 valence electrons. The topological polar surface area (TPSA) is 72.7 Å². The molecule has 0 aliphatic carbocycles. The molecule has 0 saturated carbocycles. The van der Waals surface area contributed by atoms with E-state index in [0.29, 0.717) is 16.4 Å². The molecule has 0 atom stereocenters. The first kappa shape index (κ1) is 13.1. The standard InChI is InChI=1S/C12H10ClN5O/c1-2-7-14-11(19)8-18-16-12(15-17-18)9-5-3-4-6-10(9)13/h1,3-6H,7-8H2,(H,14,19). The van der Waals surface area contributed by atoms with E-state index in [-0.39, 0.29) is 19.0 Å². The molecule has 1 N–H and O–H groups in total. The number of nitrogens with one attached hydrogen (secondary N) is 1. The lowest BCUT2D eigenvalue weighted by Gasteiger charge is -1.99. The Hall–Kier alpha value is -2.39. The van der Waals surface area contributed by atoms with Gasteiger partial charge >= 0.3 is 0 Å². The van der Waals surface area contributed by atoms with Gasteiger partial charge in [-0.1, -0.05) is 29.7 Å². The molecule has 7 heteroatoms. The summed E-state index contributed by atoms with van der Waals surface area (Å²) < 4.78 is 0. The number of terminal acetylenes is 1. The third-order valence-electron chi connectivity index (χ3n) is 2.24. The van der Waals surface area contributed by atoms with Crippen LogP contribution in [0.2, 0.25) is 5.02 Å². The van der Waals surface area contributed by atoms with Crippen LogP contribution in [0.15, 0.2) is 24.3 Å². The normalized spacial score (nSPS) is 9.89. The number of tetrazole rings is 1. The number of rotatable bonds is 4. The number of amides is 1. The molecule has 0 bridgehead atoms. The highest BCUT2D eigenvalue weighted by molar-refractivity contribution is 6.33. The van der Waals surface area contributed by atoms with E-state index in [1.807, 2.05) is 12.1 Å². The Labute approximate surface area is 114 Å². The summed E-state index contributed by atoms with van der Waals surface area (Å²) >= 11 is 6.02. The van der Waals surface area contributed by atoms with Crippen molar-refractivity contribution in [3.05, 3.63) is 29.3 Å². The summed E-state index contributed by atoms with van der Waals surface area (Å²) in [7, 11) is 0. The zero-order valence-electron chi connectivity index (χ0n) is 9.88. The number of carbonyl (C=O) groups is 1. The van der Waals surface area contributed by atoms with Crippen LogP contribution in [0.5, 0.6) is 0 Å². The third kappa shape index (κ3) is 3.30. The van der Waals surface area contributed by atoms with Crippen LogP contribution in [0.3, 0.4) is 0 Å². The third-order valence-corrected chi connectivity index (χ3v) is 2.57. The van der Waals surface area contributed by atoms with Crippen molar-refractivity contribution in [2.24, 2.45) is 0 Å². The van der Waals surface area contributed by atoms with Gasteiger partial charge in [0.1, 0.15) is 6.54 Å². The first-order valence-electron chi connectivity index (χ1n) is 5.43. The first-order valence-corrected chi connectivity index (χ1v) is 5.81. The highest BCUT2D eigenvalue weighted by Gasteiger charge is 2.10. The Morgan fingerprint density at radius 3 is 3.00 bits per heavy atom. The van der Waals surface area contributed by atoms with E-state index in [9.17, 15) is 4.79 Å².